The van der Waals surface area contributed by atoms with Crippen molar-refractivity contribution in [2.45, 2.75) is 38.1 Å². The molecule has 2 N–H and O–H groups in total. The summed E-state index contributed by atoms with van der Waals surface area (Å²) in [4.78, 5) is 30.0. The van der Waals surface area contributed by atoms with Crippen molar-refractivity contribution in [1.29, 1.82) is 0 Å². The summed E-state index contributed by atoms with van der Waals surface area (Å²) in [7, 11) is 0. The van der Waals surface area contributed by atoms with E-state index in [4.69, 9.17) is 4.74 Å². The first kappa shape index (κ1) is 14.8. The molecule has 0 radical (unpaired) electrons. The third kappa shape index (κ3) is 3.20. The van der Waals surface area contributed by atoms with Crippen molar-refractivity contribution in [3.8, 4) is 0 Å². The second kappa shape index (κ2) is 6.33. The van der Waals surface area contributed by atoms with Crippen molar-refractivity contribution in [1.82, 2.24) is 25.4 Å². The molecule has 3 unspecified atom stereocenters. The molecule has 8 heteroatoms. The number of piperidine rings is 1. The third-order valence-electron chi connectivity index (χ3n) is 4.22. The number of nitrogens with one attached hydrogen (secondary N) is 2. The average Bonchev–Trinajstić information content (AvgIpc) is 3.12. The summed E-state index contributed by atoms with van der Waals surface area (Å²) in [5.41, 5.74) is 0. The van der Waals surface area contributed by atoms with Gasteiger partial charge in [0.15, 0.2) is 0 Å². The first-order valence-electron chi connectivity index (χ1n) is 7.76. The minimum Gasteiger partial charge on any atom is -0.450 e. The van der Waals surface area contributed by atoms with E-state index in [9.17, 15) is 9.59 Å². The summed E-state index contributed by atoms with van der Waals surface area (Å²) in [5.74, 6) is 1.09. The highest BCUT2D eigenvalue weighted by Crippen LogP contribution is 2.47. The number of ether oxygens (including phenoxy) is 1. The standard InChI is InChI=1S/C14H21N5O3/c1-2-22-14(21)17-9-4-3-5-19(7-9)13(20)11-6-10(11)12-15-8-16-18-12/h8-11H,2-7H2,1H3,(H,17,21)(H,15,16,18). The molecule has 1 aromatic rings. The lowest BCUT2D eigenvalue weighted by molar-refractivity contribution is -0.134. The van der Waals surface area contributed by atoms with E-state index in [0.29, 0.717) is 13.2 Å². The Bertz CT molecular complexity index is 533. The lowest BCUT2D eigenvalue weighted by Gasteiger charge is -2.33. The van der Waals surface area contributed by atoms with Crippen LogP contribution in [0.25, 0.3) is 0 Å². The fraction of sp³-hybridized carbons (Fsp3) is 0.714. The predicted molar refractivity (Wildman–Crippen MR) is 77.0 cm³/mol. The highest BCUT2D eigenvalue weighted by molar-refractivity contribution is 5.83. The normalized spacial score (nSPS) is 27.3. The van der Waals surface area contributed by atoms with Gasteiger partial charge in [-0.1, -0.05) is 0 Å². The maximum atomic E-state index is 12.5. The van der Waals surface area contributed by atoms with E-state index in [1.807, 2.05) is 4.90 Å². The molecule has 2 amide bonds. The van der Waals surface area contributed by atoms with E-state index in [0.717, 1.165) is 31.6 Å². The minimum atomic E-state index is -0.409. The van der Waals surface area contributed by atoms with Gasteiger partial charge in [-0.3, -0.25) is 9.89 Å². The summed E-state index contributed by atoms with van der Waals surface area (Å²) in [6, 6.07) is -0.0285. The molecule has 2 heterocycles. The van der Waals surface area contributed by atoms with Crippen molar-refractivity contribution in [2.75, 3.05) is 19.7 Å². The number of alkyl carbamates (subject to hydrolysis) is 1. The number of amides is 2. The Morgan fingerprint density at radius 2 is 2.41 bits per heavy atom. The van der Waals surface area contributed by atoms with Gasteiger partial charge in [0.05, 0.1) is 6.61 Å². The highest BCUT2D eigenvalue weighted by Gasteiger charge is 2.48. The number of nitrogens with zero attached hydrogens (tertiary/aromatic N) is 3. The van der Waals surface area contributed by atoms with Crippen LogP contribution in [0.15, 0.2) is 6.33 Å². The van der Waals surface area contributed by atoms with Crippen LogP contribution >= 0.6 is 0 Å². The first-order chi connectivity index (χ1) is 10.7. The quantitative estimate of drug-likeness (QED) is 0.850. The maximum absolute atomic E-state index is 12.5. The Kier molecular flexibility index (Phi) is 4.26. The number of hydrogen-bond donors (Lipinski definition) is 2. The molecule has 22 heavy (non-hydrogen) atoms. The lowest BCUT2D eigenvalue weighted by atomic mass is 10.1. The van der Waals surface area contributed by atoms with Crippen LogP contribution in [0.3, 0.4) is 0 Å². The van der Waals surface area contributed by atoms with Crippen molar-refractivity contribution in [3.05, 3.63) is 12.2 Å². The van der Waals surface area contributed by atoms with Crippen LogP contribution in [0.4, 0.5) is 4.79 Å². The van der Waals surface area contributed by atoms with Crippen LogP contribution in [-0.2, 0) is 9.53 Å². The van der Waals surface area contributed by atoms with Gasteiger partial charge in [0.25, 0.3) is 0 Å². The first-order valence-corrected chi connectivity index (χ1v) is 7.76. The highest BCUT2D eigenvalue weighted by atomic mass is 16.5. The fourth-order valence-electron chi connectivity index (χ4n) is 3.03. The average molecular weight is 307 g/mol. The van der Waals surface area contributed by atoms with E-state index in [1.54, 1.807) is 6.92 Å². The number of rotatable bonds is 4. The van der Waals surface area contributed by atoms with Crippen molar-refractivity contribution in [2.24, 2.45) is 5.92 Å². The van der Waals surface area contributed by atoms with Gasteiger partial charge in [0, 0.05) is 31.0 Å². The molecule has 1 aliphatic carbocycles. The van der Waals surface area contributed by atoms with Gasteiger partial charge in [-0.2, -0.15) is 5.10 Å². The van der Waals surface area contributed by atoms with E-state index < -0.39 is 6.09 Å². The van der Waals surface area contributed by atoms with Crippen LogP contribution in [0.2, 0.25) is 0 Å². The number of aromatic nitrogens is 3. The predicted octanol–water partition coefficient (Wildman–Crippen LogP) is 0.645. The zero-order chi connectivity index (χ0) is 15.5. The van der Waals surface area contributed by atoms with Gasteiger partial charge in [-0.25, -0.2) is 9.78 Å². The van der Waals surface area contributed by atoms with Crippen LogP contribution in [-0.4, -0.2) is 57.8 Å². The molecular weight excluding hydrogens is 286 g/mol. The molecule has 1 saturated carbocycles. The molecule has 0 bridgehead atoms. The molecule has 1 saturated heterocycles. The number of carbonyl (C=O) groups is 2. The van der Waals surface area contributed by atoms with Gasteiger partial charge in [-0.15, -0.1) is 0 Å². The second-order valence-electron chi connectivity index (χ2n) is 5.81. The molecule has 1 aromatic heterocycles. The molecule has 0 aromatic carbocycles. The third-order valence-corrected chi connectivity index (χ3v) is 4.22. The Morgan fingerprint density at radius 3 is 3.14 bits per heavy atom. The minimum absolute atomic E-state index is 0.00528. The lowest BCUT2D eigenvalue weighted by Crippen LogP contribution is -2.50. The number of carbonyl (C=O) groups excluding carboxylic acids is 2. The molecular formula is C14H21N5O3. The van der Waals surface area contributed by atoms with Gasteiger partial charge < -0.3 is 15.0 Å². The molecule has 1 aliphatic heterocycles. The summed E-state index contributed by atoms with van der Waals surface area (Å²) >= 11 is 0. The van der Waals surface area contributed by atoms with Gasteiger partial charge in [0.2, 0.25) is 5.91 Å². The van der Waals surface area contributed by atoms with E-state index in [1.165, 1.54) is 6.33 Å². The summed E-state index contributed by atoms with van der Waals surface area (Å²) < 4.78 is 4.89. The zero-order valence-corrected chi connectivity index (χ0v) is 12.6. The summed E-state index contributed by atoms with van der Waals surface area (Å²) in [6.07, 6.45) is 3.64. The van der Waals surface area contributed by atoms with Gasteiger partial charge in [-0.05, 0) is 26.2 Å². The smallest absolute Gasteiger partial charge is 0.407 e. The largest absolute Gasteiger partial charge is 0.450 e. The SMILES string of the molecule is CCOC(=O)NC1CCCN(C(=O)C2CC2c2ncn[nH]2)C1. The second-order valence-corrected chi connectivity index (χ2v) is 5.81. The molecule has 3 atom stereocenters. The van der Waals surface area contributed by atoms with Crippen molar-refractivity contribution >= 4 is 12.0 Å². The molecule has 2 aliphatic rings. The topological polar surface area (TPSA) is 100 Å². The zero-order valence-electron chi connectivity index (χ0n) is 12.6. The Balaban J connectivity index is 1.52. The number of aromatic amines is 1. The van der Waals surface area contributed by atoms with Crippen molar-refractivity contribution in [3.63, 3.8) is 0 Å². The monoisotopic (exact) mass is 307 g/mol. The fourth-order valence-corrected chi connectivity index (χ4v) is 3.03. The summed E-state index contributed by atoms with van der Waals surface area (Å²) in [5, 5.41) is 9.48. The number of hydrogen-bond acceptors (Lipinski definition) is 5. The maximum Gasteiger partial charge on any atom is 0.407 e. The van der Waals surface area contributed by atoms with Crippen LogP contribution in [0.1, 0.15) is 37.9 Å². The molecule has 2 fully saturated rings. The van der Waals surface area contributed by atoms with Crippen LogP contribution in [0, 0.1) is 5.92 Å². The number of likely N-dealkylation sites (tertiary alicyclic amines) is 1. The van der Waals surface area contributed by atoms with Crippen molar-refractivity contribution < 1.29 is 14.3 Å². The summed E-state index contributed by atoms with van der Waals surface area (Å²) in [6.45, 7) is 3.42. The van der Waals surface area contributed by atoms with E-state index in [2.05, 4.69) is 20.5 Å². The Labute approximate surface area is 128 Å². The van der Waals surface area contributed by atoms with E-state index >= 15 is 0 Å². The van der Waals surface area contributed by atoms with Crippen LogP contribution in [0.5, 0.6) is 0 Å². The molecule has 0 spiro atoms. The van der Waals surface area contributed by atoms with Gasteiger partial charge in [0.1, 0.15) is 12.2 Å². The molecule has 3 rings (SSSR count). The molecule has 120 valence electrons. The van der Waals surface area contributed by atoms with Crippen LogP contribution < -0.4 is 5.32 Å². The Hall–Kier alpha value is -2.12. The molecule has 8 nitrogen and oxygen atoms in total. The Morgan fingerprint density at radius 1 is 1.55 bits per heavy atom. The van der Waals surface area contributed by atoms with E-state index in [-0.39, 0.29) is 23.8 Å². The van der Waals surface area contributed by atoms with Gasteiger partial charge >= 0.3 is 6.09 Å². The number of H-pyrrole nitrogens is 1.